The molecule has 2 nitrogen and oxygen atoms in total. The minimum absolute atomic E-state index is 0.912. The normalized spacial score (nSPS) is 11.9. The van der Waals surface area contributed by atoms with Gasteiger partial charge in [-0.05, 0) is 58.8 Å². The molecule has 28 heavy (non-hydrogen) atoms. The number of furan rings is 2. The Labute approximate surface area is 174 Å². The SMILES string of the molecule is Cc1cccc2c1oc1c(-c3ccc4oc5c(I)cccc5c4c3)cccc12. The molecule has 0 saturated heterocycles. The summed E-state index contributed by atoms with van der Waals surface area (Å²) in [6.07, 6.45) is 0. The molecule has 0 fully saturated rings. The minimum atomic E-state index is 0.912. The van der Waals surface area contributed by atoms with E-state index in [0.717, 1.165) is 58.8 Å². The van der Waals surface area contributed by atoms with Crippen molar-refractivity contribution in [2.24, 2.45) is 0 Å². The molecule has 4 aromatic carbocycles. The Hall–Kier alpha value is -2.79. The number of hydrogen-bond acceptors (Lipinski definition) is 2. The van der Waals surface area contributed by atoms with E-state index in [-0.39, 0.29) is 0 Å². The van der Waals surface area contributed by atoms with E-state index < -0.39 is 0 Å². The number of para-hydroxylation sites is 3. The lowest BCUT2D eigenvalue weighted by Crippen LogP contribution is -1.79. The third-order valence-corrected chi connectivity index (χ3v) is 6.33. The average Bonchev–Trinajstić information content (AvgIpc) is 3.28. The zero-order chi connectivity index (χ0) is 18.8. The van der Waals surface area contributed by atoms with Crippen molar-refractivity contribution in [2.75, 3.05) is 0 Å². The monoisotopic (exact) mass is 474 g/mol. The van der Waals surface area contributed by atoms with Gasteiger partial charge in [0.05, 0.1) is 3.57 Å². The maximum Gasteiger partial charge on any atom is 0.148 e. The summed E-state index contributed by atoms with van der Waals surface area (Å²) in [6, 6.07) is 25.4. The Morgan fingerprint density at radius 3 is 2.21 bits per heavy atom. The Bertz CT molecular complexity index is 1530. The fraction of sp³-hybridized carbons (Fsp3) is 0.0400. The van der Waals surface area contributed by atoms with Crippen LogP contribution < -0.4 is 0 Å². The van der Waals surface area contributed by atoms with Crippen LogP contribution in [-0.2, 0) is 0 Å². The van der Waals surface area contributed by atoms with Crippen molar-refractivity contribution in [1.82, 2.24) is 0 Å². The maximum atomic E-state index is 6.34. The molecule has 0 N–H and O–H groups in total. The number of halogens is 1. The van der Waals surface area contributed by atoms with E-state index in [1.807, 2.05) is 0 Å². The first-order chi connectivity index (χ1) is 13.7. The van der Waals surface area contributed by atoms with Gasteiger partial charge in [-0.15, -0.1) is 0 Å². The van der Waals surface area contributed by atoms with E-state index in [9.17, 15) is 0 Å². The topological polar surface area (TPSA) is 26.3 Å². The van der Waals surface area contributed by atoms with Crippen LogP contribution in [0.3, 0.4) is 0 Å². The number of fused-ring (bicyclic) bond motifs is 6. The molecule has 6 aromatic rings. The van der Waals surface area contributed by atoms with Crippen LogP contribution in [0.4, 0.5) is 0 Å². The van der Waals surface area contributed by atoms with Crippen LogP contribution in [-0.4, -0.2) is 0 Å². The van der Waals surface area contributed by atoms with Gasteiger partial charge >= 0.3 is 0 Å². The van der Waals surface area contributed by atoms with Crippen molar-refractivity contribution in [1.29, 1.82) is 0 Å². The van der Waals surface area contributed by atoms with Crippen molar-refractivity contribution < 1.29 is 8.83 Å². The smallest absolute Gasteiger partial charge is 0.148 e. The fourth-order valence-corrected chi connectivity index (χ4v) is 4.73. The van der Waals surface area contributed by atoms with E-state index in [0.29, 0.717) is 0 Å². The first-order valence-corrected chi connectivity index (χ1v) is 10.3. The molecule has 3 heteroatoms. The predicted molar refractivity (Wildman–Crippen MR) is 124 cm³/mol. The summed E-state index contributed by atoms with van der Waals surface area (Å²) in [7, 11) is 0. The fourth-order valence-electron chi connectivity index (χ4n) is 4.12. The first kappa shape index (κ1) is 16.2. The summed E-state index contributed by atoms with van der Waals surface area (Å²) in [6.45, 7) is 2.09. The van der Waals surface area contributed by atoms with Gasteiger partial charge in [0.15, 0.2) is 0 Å². The number of benzene rings is 4. The molecule has 2 heterocycles. The zero-order valence-electron chi connectivity index (χ0n) is 15.1. The molecule has 0 radical (unpaired) electrons. The van der Waals surface area contributed by atoms with Crippen LogP contribution in [0.5, 0.6) is 0 Å². The van der Waals surface area contributed by atoms with Gasteiger partial charge in [0.25, 0.3) is 0 Å². The molecule has 6 rings (SSSR count). The van der Waals surface area contributed by atoms with Crippen LogP contribution in [0.25, 0.3) is 55.0 Å². The van der Waals surface area contributed by atoms with Gasteiger partial charge in [0, 0.05) is 27.1 Å². The van der Waals surface area contributed by atoms with Crippen molar-refractivity contribution in [3.63, 3.8) is 0 Å². The highest BCUT2D eigenvalue weighted by atomic mass is 127. The van der Waals surface area contributed by atoms with E-state index in [4.69, 9.17) is 8.83 Å². The first-order valence-electron chi connectivity index (χ1n) is 9.23. The second kappa shape index (κ2) is 5.85. The minimum Gasteiger partial charge on any atom is -0.455 e. The van der Waals surface area contributed by atoms with E-state index in [1.165, 1.54) is 5.39 Å². The van der Waals surface area contributed by atoms with Crippen molar-refractivity contribution in [3.05, 3.63) is 81.9 Å². The second-order valence-corrected chi connectivity index (χ2v) is 8.33. The molecule has 2 aromatic heterocycles. The molecule has 0 atom stereocenters. The standard InChI is InChI=1S/C25H15IO2/c1-14-5-2-7-17-18-8-3-6-16(24(18)28-23(14)17)15-11-12-22-20(13-15)19-9-4-10-21(26)25(19)27-22/h2-13H,1H3. The Balaban J connectivity index is 1.68. The number of aryl methyl sites for hydroxylation is 1. The van der Waals surface area contributed by atoms with Gasteiger partial charge in [0.1, 0.15) is 22.3 Å². The highest BCUT2D eigenvalue weighted by Crippen LogP contribution is 2.39. The van der Waals surface area contributed by atoms with Crippen LogP contribution in [0.1, 0.15) is 5.56 Å². The third kappa shape index (κ3) is 2.20. The summed E-state index contributed by atoms with van der Waals surface area (Å²) < 4.78 is 13.6. The Morgan fingerprint density at radius 1 is 0.643 bits per heavy atom. The third-order valence-electron chi connectivity index (χ3n) is 5.48. The lowest BCUT2D eigenvalue weighted by molar-refractivity contribution is 0.665. The quantitative estimate of drug-likeness (QED) is 0.225. The molecule has 0 aliphatic rings. The van der Waals surface area contributed by atoms with Gasteiger partial charge < -0.3 is 8.83 Å². The predicted octanol–water partition coefficient (Wildman–Crippen LogP) is 8.07. The van der Waals surface area contributed by atoms with Gasteiger partial charge in [-0.1, -0.05) is 54.6 Å². The molecule has 0 aliphatic heterocycles. The molecular weight excluding hydrogens is 459 g/mol. The summed E-state index contributed by atoms with van der Waals surface area (Å²) in [5, 5.41) is 4.61. The van der Waals surface area contributed by atoms with Gasteiger partial charge in [-0.2, -0.15) is 0 Å². The lowest BCUT2D eigenvalue weighted by Gasteiger charge is -2.03. The van der Waals surface area contributed by atoms with E-state index >= 15 is 0 Å². The van der Waals surface area contributed by atoms with Crippen LogP contribution in [0.15, 0.2) is 81.6 Å². The number of rotatable bonds is 1. The van der Waals surface area contributed by atoms with E-state index in [1.54, 1.807) is 0 Å². The molecule has 0 aliphatic carbocycles. The molecule has 0 bridgehead atoms. The van der Waals surface area contributed by atoms with Gasteiger partial charge in [0.2, 0.25) is 0 Å². The molecule has 0 saturated carbocycles. The van der Waals surface area contributed by atoms with Crippen molar-refractivity contribution in [3.8, 4) is 11.1 Å². The maximum absolute atomic E-state index is 6.34. The van der Waals surface area contributed by atoms with Gasteiger partial charge in [-0.3, -0.25) is 0 Å². The highest BCUT2D eigenvalue weighted by molar-refractivity contribution is 14.1. The summed E-state index contributed by atoms with van der Waals surface area (Å²) in [5.41, 5.74) is 7.17. The molecule has 0 spiro atoms. The van der Waals surface area contributed by atoms with Crippen LogP contribution >= 0.6 is 22.6 Å². The lowest BCUT2D eigenvalue weighted by atomic mass is 10.00. The Morgan fingerprint density at radius 2 is 1.36 bits per heavy atom. The van der Waals surface area contributed by atoms with Crippen LogP contribution in [0.2, 0.25) is 0 Å². The molecular formula is C25H15IO2. The van der Waals surface area contributed by atoms with E-state index in [2.05, 4.69) is 102 Å². The zero-order valence-corrected chi connectivity index (χ0v) is 17.3. The summed E-state index contributed by atoms with van der Waals surface area (Å²) in [4.78, 5) is 0. The molecule has 134 valence electrons. The van der Waals surface area contributed by atoms with Crippen molar-refractivity contribution in [2.45, 2.75) is 6.92 Å². The van der Waals surface area contributed by atoms with Crippen LogP contribution in [0, 0.1) is 10.5 Å². The van der Waals surface area contributed by atoms with Gasteiger partial charge in [-0.25, -0.2) is 0 Å². The highest BCUT2D eigenvalue weighted by Gasteiger charge is 2.15. The Kier molecular flexibility index (Phi) is 3.38. The summed E-state index contributed by atoms with van der Waals surface area (Å²) >= 11 is 2.33. The number of hydrogen-bond donors (Lipinski definition) is 0. The average molecular weight is 474 g/mol. The second-order valence-electron chi connectivity index (χ2n) is 7.17. The van der Waals surface area contributed by atoms with Crippen molar-refractivity contribution >= 4 is 66.5 Å². The molecule has 0 unspecified atom stereocenters. The molecule has 0 amide bonds. The summed E-state index contributed by atoms with van der Waals surface area (Å²) in [5.74, 6) is 0. The largest absolute Gasteiger partial charge is 0.455 e.